The zero-order valence-electron chi connectivity index (χ0n) is 17.8. The van der Waals surface area contributed by atoms with Gasteiger partial charge in [-0.1, -0.05) is 12.1 Å². The summed E-state index contributed by atoms with van der Waals surface area (Å²) in [5.41, 5.74) is 3.26. The highest BCUT2D eigenvalue weighted by molar-refractivity contribution is 7.08. The fraction of sp³-hybridized carbons (Fsp3) is 0.375. The first-order chi connectivity index (χ1) is 15.2. The molecule has 0 unspecified atom stereocenters. The Labute approximate surface area is 187 Å². The summed E-state index contributed by atoms with van der Waals surface area (Å²) in [6.07, 6.45) is 7.59. The zero-order valence-corrected chi connectivity index (χ0v) is 18.6. The predicted molar refractivity (Wildman–Crippen MR) is 122 cm³/mol. The van der Waals surface area contributed by atoms with Crippen molar-refractivity contribution in [1.82, 2.24) is 19.8 Å². The lowest BCUT2D eigenvalue weighted by Gasteiger charge is -2.32. The molecule has 0 atom stereocenters. The molecular weight excluding hydrogens is 408 g/mol. The topological polar surface area (TPSA) is 58.6 Å². The molecule has 162 valence electrons. The molecule has 0 bridgehead atoms. The second-order valence-electron chi connectivity index (χ2n) is 8.02. The van der Waals surface area contributed by atoms with Crippen molar-refractivity contribution in [3.8, 4) is 5.75 Å². The van der Waals surface area contributed by atoms with Crippen molar-refractivity contribution >= 4 is 17.2 Å². The summed E-state index contributed by atoms with van der Waals surface area (Å²) in [5, 5.41) is 4.07. The Bertz CT molecular complexity index is 957. The Hall–Kier alpha value is -2.77. The number of hydrogen-bond donors (Lipinski definition) is 0. The van der Waals surface area contributed by atoms with Gasteiger partial charge in [-0.2, -0.15) is 11.3 Å². The molecule has 0 N–H and O–H groups in total. The van der Waals surface area contributed by atoms with E-state index in [9.17, 15) is 4.79 Å². The van der Waals surface area contributed by atoms with Gasteiger partial charge in [0.25, 0.3) is 0 Å². The van der Waals surface area contributed by atoms with Crippen LogP contribution in [0.5, 0.6) is 5.75 Å². The molecule has 1 amide bonds. The second-order valence-corrected chi connectivity index (χ2v) is 8.80. The van der Waals surface area contributed by atoms with Gasteiger partial charge in [0.05, 0.1) is 12.1 Å². The lowest BCUT2D eigenvalue weighted by Crippen LogP contribution is -2.42. The highest BCUT2D eigenvalue weighted by Gasteiger charge is 2.24. The maximum Gasteiger partial charge on any atom is 0.227 e. The number of nitrogens with zero attached hydrogens (tertiary/aromatic N) is 4. The van der Waals surface area contributed by atoms with Crippen LogP contribution >= 0.6 is 11.3 Å². The third-order valence-corrected chi connectivity index (χ3v) is 6.16. The lowest BCUT2D eigenvalue weighted by atomic mass is 10.1. The van der Waals surface area contributed by atoms with Crippen LogP contribution in [0.1, 0.15) is 29.7 Å². The summed E-state index contributed by atoms with van der Waals surface area (Å²) >= 11 is 1.64. The van der Waals surface area contributed by atoms with Crippen molar-refractivity contribution < 1.29 is 9.53 Å². The number of carbonyl (C=O) groups excluding carboxylic acids is 1. The molecular formula is C24H28N4O2S. The Morgan fingerprint density at radius 3 is 2.81 bits per heavy atom. The minimum atomic E-state index is 0.151. The fourth-order valence-electron chi connectivity index (χ4n) is 3.87. The van der Waals surface area contributed by atoms with E-state index in [0.29, 0.717) is 6.42 Å². The molecule has 2 aromatic heterocycles. The monoisotopic (exact) mass is 436 g/mol. The van der Waals surface area contributed by atoms with E-state index < -0.39 is 0 Å². The number of hydrogen-bond acceptors (Lipinski definition) is 6. The van der Waals surface area contributed by atoms with E-state index in [0.717, 1.165) is 56.0 Å². The summed E-state index contributed by atoms with van der Waals surface area (Å²) in [6, 6.07) is 10.3. The van der Waals surface area contributed by atoms with Crippen molar-refractivity contribution in [2.75, 3.05) is 20.1 Å². The largest absolute Gasteiger partial charge is 0.490 e. The Morgan fingerprint density at radius 2 is 2.06 bits per heavy atom. The van der Waals surface area contributed by atoms with Crippen molar-refractivity contribution in [3.63, 3.8) is 0 Å². The van der Waals surface area contributed by atoms with E-state index in [4.69, 9.17) is 4.74 Å². The van der Waals surface area contributed by atoms with E-state index in [1.807, 2.05) is 33.9 Å². The number of carbonyl (C=O) groups is 1. The number of amides is 1. The summed E-state index contributed by atoms with van der Waals surface area (Å²) in [5.74, 6) is 1.11. The molecule has 1 aromatic carbocycles. The van der Waals surface area contributed by atoms with E-state index in [1.165, 1.54) is 5.56 Å². The lowest BCUT2D eigenvalue weighted by molar-refractivity contribution is -0.132. The Balaban J connectivity index is 1.25. The average Bonchev–Trinajstić information content (AvgIpc) is 3.28. The first kappa shape index (κ1) is 21.5. The molecule has 1 fully saturated rings. The summed E-state index contributed by atoms with van der Waals surface area (Å²) in [6.45, 7) is 3.07. The molecule has 0 spiro atoms. The molecule has 31 heavy (non-hydrogen) atoms. The fourth-order valence-corrected chi connectivity index (χ4v) is 4.54. The predicted octanol–water partition coefficient (Wildman–Crippen LogP) is 3.78. The Morgan fingerprint density at radius 1 is 1.19 bits per heavy atom. The third kappa shape index (κ3) is 6.35. The Kier molecular flexibility index (Phi) is 7.27. The molecule has 3 heterocycles. The van der Waals surface area contributed by atoms with Crippen molar-refractivity contribution in [2.45, 2.75) is 38.5 Å². The van der Waals surface area contributed by atoms with Crippen LogP contribution in [-0.2, 0) is 24.3 Å². The van der Waals surface area contributed by atoms with Gasteiger partial charge in [-0.15, -0.1) is 0 Å². The smallest absolute Gasteiger partial charge is 0.227 e. The maximum absolute atomic E-state index is 12.5. The molecule has 1 saturated heterocycles. The second kappa shape index (κ2) is 10.5. The maximum atomic E-state index is 12.5. The van der Waals surface area contributed by atoms with Crippen molar-refractivity contribution in [2.24, 2.45) is 0 Å². The van der Waals surface area contributed by atoms with Crippen molar-refractivity contribution in [3.05, 3.63) is 76.5 Å². The minimum absolute atomic E-state index is 0.151. The number of aromatic nitrogens is 2. The summed E-state index contributed by atoms with van der Waals surface area (Å²) in [7, 11) is 2.07. The number of likely N-dealkylation sites (tertiary alicyclic amines) is 1. The van der Waals surface area contributed by atoms with Gasteiger partial charge >= 0.3 is 0 Å². The van der Waals surface area contributed by atoms with Gasteiger partial charge in [0, 0.05) is 57.6 Å². The van der Waals surface area contributed by atoms with Crippen LogP contribution in [0.2, 0.25) is 0 Å². The van der Waals surface area contributed by atoms with Crippen LogP contribution in [0.15, 0.2) is 59.7 Å². The van der Waals surface area contributed by atoms with Gasteiger partial charge in [0.1, 0.15) is 11.9 Å². The highest BCUT2D eigenvalue weighted by Crippen LogP contribution is 2.22. The van der Waals surface area contributed by atoms with E-state index in [-0.39, 0.29) is 12.0 Å². The molecule has 1 aliphatic heterocycles. The normalized spacial score (nSPS) is 14.7. The van der Waals surface area contributed by atoms with Crippen molar-refractivity contribution in [1.29, 1.82) is 0 Å². The van der Waals surface area contributed by atoms with Gasteiger partial charge in [0.2, 0.25) is 5.91 Å². The third-order valence-electron chi connectivity index (χ3n) is 5.43. The zero-order chi connectivity index (χ0) is 21.5. The number of benzene rings is 1. The van der Waals surface area contributed by atoms with Crippen LogP contribution in [0.25, 0.3) is 0 Å². The van der Waals surface area contributed by atoms with Gasteiger partial charge in [-0.3, -0.25) is 19.7 Å². The molecule has 6 nitrogen and oxygen atoms in total. The van der Waals surface area contributed by atoms with Gasteiger partial charge in [-0.05, 0) is 47.1 Å². The van der Waals surface area contributed by atoms with Gasteiger partial charge in [-0.25, -0.2) is 0 Å². The van der Waals surface area contributed by atoms with Crippen LogP contribution in [0.4, 0.5) is 0 Å². The number of thiophene rings is 1. The van der Waals surface area contributed by atoms with Crippen LogP contribution in [-0.4, -0.2) is 51.9 Å². The van der Waals surface area contributed by atoms with Crippen LogP contribution < -0.4 is 4.74 Å². The molecule has 4 rings (SSSR count). The summed E-state index contributed by atoms with van der Waals surface area (Å²) < 4.78 is 6.25. The first-order valence-corrected chi connectivity index (χ1v) is 11.6. The summed E-state index contributed by atoms with van der Waals surface area (Å²) in [4.78, 5) is 25.1. The number of ether oxygens (including phenoxy) is 1. The number of rotatable bonds is 8. The first-order valence-electron chi connectivity index (χ1n) is 10.6. The van der Waals surface area contributed by atoms with E-state index in [1.54, 1.807) is 29.9 Å². The highest BCUT2D eigenvalue weighted by atomic mass is 32.1. The molecule has 0 aliphatic carbocycles. The molecule has 1 aliphatic rings. The van der Waals surface area contributed by atoms with E-state index >= 15 is 0 Å². The quantitative estimate of drug-likeness (QED) is 0.538. The molecule has 7 heteroatoms. The van der Waals surface area contributed by atoms with Crippen LogP contribution in [0, 0.1) is 0 Å². The van der Waals surface area contributed by atoms with Crippen LogP contribution in [0.3, 0.4) is 0 Å². The molecule has 0 saturated carbocycles. The number of piperidine rings is 1. The average molecular weight is 437 g/mol. The molecule has 3 aromatic rings. The standard InChI is InChI=1S/C24H28N4O2S/c1-27(17-21-15-25-8-9-26-21)16-19-3-2-4-23(13-19)30-22-5-10-28(11-6-22)24(29)14-20-7-12-31-18-20/h2-4,7-9,12-13,15,18,22H,5-6,10-11,14,16-17H2,1H3. The van der Waals surface area contributed by atoms with Gasteiger partial charge in [0.15, 0.2) is 0 Å². The van der Waals surface area contributed by atoms with E-state index in [2.05, 4.69) is 34.0 Å². The molecule has 0 radical (unpaired) electrons. The minimum Gasteiger partial charge on any atom is -0.490 e. The SMILES string of the molecule is CN(Cc1cccc(OC2CCN(C(=O)Cc3ccsc3)CC2)c1)Cc1cnccn1. The van der Waals surface area contributed by atoms with Gasteiger partial charge < -0.3 is 9.64 Å².